The van der Waals surface area contributed by atoms with Gasteiger partial charge in [-0.2, -0.15) is 0 Å². The van der Waals surface area contributed by atoms with E-state index in [0.29, 0.717) is 13.1 Å². The van der Waals surface area contributed by atoms with E-state index in [1.165, 1.54) is 6.92 Å². The topological polar surface area (TPSA) is 78.5 Å². The molecule has 1 aromatic rings. The van der Waals surface area contributed by atoms with Crippen molar-refractivity contribution >= 4 is 17.7 Å². The van der Waals surface area contributed by atoms with Gasteiger partial charge in [0.25, 0.3) is 0 Å². The van der Waals surface area contributed by atoms with Crippen molar-refractivity contribution in [2.45, 2.75) is 37.6 Å². The fraction of sp³-hybridized carbons (Fsp3) is 0.500. The largest absolute Gasteiger partial charge is 0.350 e. The number of hydrogen-bond donors (Lipinski definition) is 2. The van der Waals surface area contributed by atoms with E-state index in [2.05, 4.69) is 10.6 Å². The van der Waals surface area contributed by atoms with Crippen molar-refractivity contribution in [1.82, 2.24) is 15.5 Å². The highest BCUT2D eigenvalue weighted by Crippen LogP contribution is 2.39. The third-order valence-electron chi connectivity index (χ3n) is 5.06. The Labute approximate surface area is 141 Å². The third-order valence-corrected chi connectivity index (χ3v) is 5.06. The van der Waals surface area contributed by atoms with Crippen LogP contribution in [-0.4, -0.2) is 47.8 Å². The van der Waals surface area contributed by atoms with Gasteiger partial charge < -0.3 is 15.5 Å². The number of nitrogens with one attached hydrogen (secondary N) is 2. The predicted molar refractivity (Wildman–Crippen MR) is 89.2 cm³/mol. The van der Waals surface area contributed by atoms with Crippen molar-refractivity contribution in [2.24, 2.45) is 0 Å². The normalized spacial score (nSPS) is 22.3. The average Bonchev–Trinajstić information content (AvgIpc) is 2.90. The second-order valence-corrected chi connectivity index (χ2v) is 6.73. The number of amides is 3. The molecule has 0 aromatic heterocycles. The van der Waals surface area contributed by atoms with Gasteiger partial charge in [0.15, 0.2) is 0 Å². The highest BCUT2D eigenvalue weighted by atomic mass is 16.2. The van der Waals surface area contributed by atoms with E-state index in [0.717, 1.165) is 24.8 Å². The molecule has 0 saturated carbocycles. The standard InChI is InChI=1S/C18H23N3O3/c1-13(22)19-12-16(23)21-9-7-18(8-10-21)11-15(17(24)20-18)14-5-3-2-4-6-14/h2-6,15H,7-12H2,1H3,(H,19,22)(H,20,24)/t15-/m0/s1. The summed E-state index contributed by atoms with van der Waals surface area (Å²) in [6.07, 6.45) is 2.30. The zero-order valence-electron chi connectivity index (χ0n) is 13.9. The Morgan fingerprint density at radius 3 is 2.54 bits per heavy atom. The van der Waals surface area contributed by atoms with Gasteiger partial charge in [-0.25, -0.2) is 0 Å². The predicted octanol–water partition coefficient (Wildman–Crippen LogP) is 0.787. The first-order valence-corrected chi connectivity index (χ1v) is 8.38. The van der Waals surface area contributed by atoms with Gasteiger partial charge in [0.1, 0.15) is 0 Å². The molecule has 1 atom stereocenters. The molecule has 2 aliphatic rings. The van der Waals surface area contributed by atoms with Crippen LogP contribution in [0.2, 0.25) is 0 Å². The lowest BCUT2D eigenvalue weighted by Crippen LogP contribution is -2.53. The first-order chi connectivity index (χ1) is 11.5. The Bertz CT molecular complexity index is 636. The molecule has 2 N–H and O–H groups in total. The Hall–Kier alpha value is -2.37. The van der Waals surface area contributed by atoms with Crippen LogP contribution >= 0.6 is 0 Å². The molecule has 6 nitrogen and oxygen atoms in total. The summed E-state index contributed by atoms with van der Waals surface area (Å²) in [4.78, 5) is 37.2. The maximum Gasteiger partial charge on any atom is 0.241 e. The number of carbonyl (C=O) groups excluding carboxylic acids is 3. The first kappa shape index (κ1) is 16.5. The van der Waals surface area contributed by atoms with Crippen LogP contribution in [-0.2, 0) is 14.4 Å². The van der Waals surface area contributed by atoms with Gasteiger partial charge in [-0.05, 0) is 24.8 Å². The summed E-state index contributed by atoms with van der Waals surface area (Å²) in [6.45, 7) is 2.66. The molecule has 6 heteroatoms. The second-order valence-electron chi connectivity index (χ2n) is 6.73. The van der Waals surface area contributed by atoms with Gasteiger partial charge in [-0.15, -0.1) is 0 Å². The molecule has 1 aromatic carbocycles. The minimum Gasteiger partial charge on any atom is -0.350 e. The molecule has 2 fully saturated rings. The molecule has 2 heterocycles. The zero-order chi connectivity index (χ0) is 17.2. The molecule has 3 rings (SSSR count). The monoisotopic (exact) mass is 329 g/mol. The van der Waals surface area contributed by atoms with Gasteiger partial charge >= 0.3 is 0 Å². The fourth-order valence-corrected chi connectivity index (χ4v) is 3.66. The molecular weight excluding hydrogens is 306 g/mol. The van der Waals surface area contributed by atoms with E-state index >= 15 is 0 Å². The second kappa shape index (κ2) is 6.63. The maximum atomic E-state index is 12.4. The number of carbonyl (C=O) groups is 3. The van der Waals surface area contributed by atoms with Crippen LogP contribution in [0.15, 0.2) is 30.3 Å². The van der Waals surface area contributed by atoms with Crippen LogP contribution in [0, 0.1) is 0 Å². The lowest BCUT2D eigenvalue weighted by atomic mass is 9.82. The number of hydrogen-bond acceptors (Lipinski definition) is 3. The lowest BCUT2D eigenvalue weighted by Gasteiger charge is -2.39. The summed E-state index contributed by atoms with van der Waals surface area (Å²) in [6, 6.07) is 9.85. The first-order valence-electron chi connectivity index (χ1n) is 8.38. The van der Waals surface area contributed by atoms with Crippen molar-refractivity contribution in [3.05, 3.63) is 35.9 Å². The Kier molecular flexibility index (Phi) is 4.55. The third kappa shape index (κ3) is 3.42. The van der Waals surface area contributed by atoms with Gasteiger partial charge in [0.05, 0.1) is 12.5 Å². The van der Waals surface area contributed by atoms with E-state index in [-0.39, 0.29) is 35.7 Å². The number of benzene rings is 1. The SMILES string of the molecule is CC(=O)NCC(=O)N1CCC2(CC1)C[C@@H](c1ccccc1)C(=O)N2. The lowest BCUT2D eigenvalue weighted by molar-refractivity contribution is -0.134. The Balaban J connectivity index is 1.59. The summed E-state index contributed by atoms with van der Waals surface area (Å²) < 4.78 is 0. The molecule has 2 saturated heterocycles. The molecule has 0 aliphatic carbocycles. The van der Waals surface area contributed by atoms with Crippen LogP contribution in [0.25, 0.3) is 0 Å². The van der Waals surface area contributed by atoms with Crippen LogP contribution < -0.4 is 10.6 Å². The Morgan fingerprint density at radius 2 is 1.92 bits per heavy atom. The number of likely N-dealkylation sites (tertiary alicyclic amines) is 1. The molecule has 128 valence electrons. The summed E-state index contributed by atoms with van der Waals surface area (Å²) in [5, 5.41) is 5.72. The quantitative estimate of drug-likeness (QED) is 0.860. The van der Waals surface area contributed by atoms with Gasteiger partial charge in [-0.3, -0.25) is 14.4 Å². The number of piperidine rings is 1. The maximum absolute atomic E-state index is 12.4. The van der Waals surface area contributed by atoms with Crippen molar-refractivity contribution in [2.75, 3.05) is 19.6 Å². The van der Waals surface area contributed by atoms with Crippen LogP contribution in [0.5, 0.6) is 0 Å². The molecule has 3 amide bonds. The molecule has 2 aliphatic heterocycles. The van der Waals surface area contributed by atoms with Gasteiger partial charge in [-0.1, -0.05) is 30.3 Å². The molecule has 0 radical (unpaired) electrons. The van der Waals surface area contributed by atoms with Crippen LogP contribution in [0.3, 0.4) is 0 Å². The van der Waals surface area contributed by atoms with E-state index in [4.69, 9.17) is 0 Å². The van der Waals surface area contributed by atoms with Gasteiger partial charge in [0, 0.05) is 25.6 Å². The van der Waals surface area contributed by atoms with Crippen LogP contribution in [0.1, 0.15) is 37.7 Å². The zero-order valence-corrected chi connectivity index (χ0v) is 13.9. The van der Waals surface area contributed by atoms with Crippen molar-refractivity contribution in [1.29, 1.82) is 0 Å². The molecule has 0 bridgehead atoms. The Morgan fingerprint density at radius 1 is 1.25 bits per heavy atom. The molecule has 24 heavy (non-hydrogen) atoms. The van der Waals surface area contributed by atoms with Gasteiger partial charge in [0.2, 0.25) is 17.7 Å². The molecule has 1 spiro atoms. The fourth-order valence-electron chi connectivity index (χ4n) is 3.66. The summed E-state index contributed by atoms with van der Waals surface area (Å²) in [5.41, 5.74) is 0.846. The minimum absolute atomic E-state index is 0.0430. The smallest absolute Gasteiger partial charge is 0.241 e. The minimum atomic E-state index is -0.206. The van der Waals surface area contributed by atoms with Crippen LogP contribution in [0.4, 0.5) is 0 Å². The van der Waals surface area contributed by atoms with Crippen molar-refractivity contribution < 1.29 is 14.4 Å². The highest BCUT2D eigenvalue weighted by Gasteiger charge is 2.46. The van der Waals surface area contributed by atoms with Crippen molar-refractivity contribution in [3.8, 4) is 0 Å². The molecular formula is C18H23N3O3. The van der Waals surface area contributed by atoms with E-state index < -0.39 is 0 Å². The summed E-state index contributed by atoms with van der Waals surface area (Å²) >= 11 is 0. The summed E-state index contributed by atoms with van der Waals surface area (Å²) in [5.74, 6) is -0.290. The summed E-state index contributed by atoms with van der Waals surface area (Å²) in [7, 11) is 0. The van der Waals surface area contributed by atoms with E-state index in [1.54, 1.807) is 4.90 Å². The van der Waals surface area contributed by atoms with E-state index in [9.17, 15) is 14.4 Å². The molecule has 0 unspecified atom stereocenters. The van der Waals surface area contributed by atoms with Crippen molar-refractivity contribution in [3.63, 3.8) is 0 Å². The number of rotatable bonds is 3. The average molecular weight is 329 g/mol. The van der Waals surface area contributed by atoms with E-state index in [1.807, 2.05) is 30.3 Å². The number of nitrogens with zero attached hydrogens (tertiary/aromatic N) is 1. The highest BCUT2D eigenvalue weighted by molar-refractivity contribution is 5.87.